The summed E-state index contributed by atoms with van der Waals surface area (Å²) in [6.45, 7) is 6.76. The van der Waals surface area contributed by atoms with Crippen LogP contribution in [0.4, 0.5) is 0 Å². The quantitative estimate of drug-likeness (QED) is 0.659. The molecule has 1 N–H and O–H groups in total. The molecular formula is C11H22N2O2. The van der Waals surface area contributed by atoms with Crippen LogP contribution in [0.1, 0.15) is 26.2 Å². The Morgan fingerprint density at radius 3 is 2.73 bits per heavy atom. The molecule has 0 saturated carbocycles. The van der Waals surface area contributed by atoms with Crippen molar-refractivity contribution >= 4 is 5.91 Å². The van der Waals surface area contributed by atoms with Crippen LogP contribution in [0.25, 0.3) is 0 Å². The third-order valence-corrected chi connectivity index (χ3v) is 2.57. The number of hydrogen-bond donors (Lipinski definition) is 1. The summed E-state index contributed by atoms with van der Waals surface area (Å²) in [4.78, 5) is 13.6. The van der Waals surface area contributed by atoms with Crippen molar-refractivity contribution in [2.45, 2.75) is 26.2 Å². The molecule has 0 aromatic rings. The van der Waals surface area contributed by atoms with Crippen molar-refractivity contribution < 1.29 is 9.53 Å². The monoisotopic (exact) mass is 214 g/mol. The number of carbonyl (C=O) groups excluding carboxylic acids is 1. The first-order valence-electron chi connectivity index (χ1n) is 5.89. The Balaban J connectivity index is 2.01. The second-order valence-electron chi connectivity index (χ2n) is 3.95. The van der Waals surface area contributed by atoms with Crippen molar-refractivity contribution in [3.05, 3.63) is 0 Å². The first-order valence-corrected chi connectivity index (χ1v) is 5.89. The van der Waals surface area contributed by atoms with E-state index in [1.807, 2.05) is 0 Å². The number of ether oxygens (including phenoxy) is 1. The van der Waals surface area contributed by atoms with Crippen molar-refractivity contribution in [3.8, 4) is 0 Å². The molecule has 0 bridgehead atoms. The third kappa shape index (κ3) is 5.74. The van der Waals surface area contributed by atoms with E-state index in [0.29, 0.717) is 6.54 Å². The number of unbranched alkanes of at least 4 members (excludes halogenated alkanes) is 2. The predicted octanol–water partition coefficient (Wildman–Crippen LogP) is 0.625. The fourth-order valence-corrected chi connectivity index (χ4v) is 1.62. The lowest BCUT2D eigenvalue weighted by atomic mass is 10.2. The zero-order chi connectivity index (χ0) is 10.9. The molecule has 0 aromatic heterocycles. The van der Waals surface area contributed by atoms with Crippen molar-refractivity contribution in [3.63, 3.8) is 0 Å². The molecule has 0 unspecified atom stereocenters. The van der Waals surface area contributed by atoms with Gasteiger partial charge in [-0.3, -0.25) is 9.69 Å². The second kappa shape index (κ2) is 7.65. The van der Waals surface area contributed by atoms with Crippen molar-refractivity contribution in [2.24, 2.45) is 0 Å². The van der Waals surface area contributed by atoms with Crippen molar-refractivity contribution in [2.75, 3.05) is 39.4 Å². The summed E-state index contributed by atoms with van der Waals surface area (Å²) >= 11 is 0. The topological polar surface area (TPSA) is 41.6 Å². The maximum atomic E-state index is 11.5. The zero-order valence-corrected chi connectivity index (χ0v) is 9.63. The summed E-state index contributed by atoms with van der Waals surface area (Å²) in [5.74, 6) is 0.146. The van der Waals surface area contributed by atoms with E-state index in [1.54, 1.807) is 0 Å². The largest absolute Gasteiger partial charge is 0.379 e. The van der Waals surface area contributed by atoms with Gasteiger partial charge in [0.25, 0.3) is 0 Å². The van der Waals surface area contributed by atoms with Crippen molar-refractivity contribution in [1.82, 2.24) is 10.2 Å². The van der Waals surface area contributed by atoms with Gasteiger partial charge in [-0.2, -0.15) is 0 Å². The lowest BCUT2D eigenvalue weighted by molar-refractivity contribution is -0.123. The Labute approximate surface area is 92.0 Å². The summed E-state index contributed by atoms with van der Waals surface area (Å²) in [6.07, 6.45) is 3.47. The molecule has 0 aromatic carbocycles. The summed E-state index contributed by atoms with van der Waals surface area (Å²) in [7, 11) is 0. The van der Waals surface area contributed by atoms with E-state index in [9.17, 15) is 4.79 Å². The van der Waals surface area contributed by atoms with E-state index < -0.39 is 0 Å². The molecule has 4 nitrogen and oxygen atoms in total. The molecule has 1 amide bonds. The molecule has 1 heterocycles. The van der Waals surface area contributed by atoms with Crippen LogP contribution in [-0.2, 0) is 9.53 Å². The van der Waals surface area contributed by atoms with Gasteiger partial charge in [0.2, 0.25) is 5.91 Å². The normalized spacial score (nSPS) is 17.7. The Kier molecular flexibility index (Phi) is 6.36. The molecule has 1 rings (SSSR count). The fraction of sp³-hybridized carbons (Fsp3) is 0.909. The van der Waals surface area contributed by atoms with Gasteiger partial charge >= 0.3 is 0 Å². The maximum Gasteiger partial charge on any atom is 0.234 e. The van der Waals surface area contributed by atoms with E-state index >= 15 is 0 Å². The van der Waals surface area contributed by atoms with Gasteiger partial charge in [0.1, 0.15) is 0 Å². The zero-order valence-electron chi connectivity index (χ0n) is 9.63. The third-order valence-electron chi connectivity index (χ3n) is 2.57. The van der Waals surface area contributed by atoms with E-state index in [2.05, 4.69) is 17.1 Å². The molecule has 4 heteroatoms. The Bertz CT molecular complexity index is 179. The van der Waals surface area contributed by atoms with Crippen LogP contribution in [0.5, 0.6) is 0 Å². The molecule has 0 atom stereocenters. The first kappa shape index (κ1) is 12.5. The number of rotatable bonds is 6. The SMILES string of the molecule is CCCCCNC(=O)CN1CCOCC1. The Morgan fingerprint density at radius 2 is 2.07 bits per heavy atom. The molecular weight excluding hydrogens is 192 g/mol. The summed E-state index contributed by atoms with van der Waals surface area (Å²) in [5.41, 5.74) is 0. The van der Waals surface area contributed by atoms with Crippen molar-refractivity contribution in [1.29, 1.82) is 0 Å². The number of nitrogens with one attached hydrogen (secondary N) is 1. The summed E-state index contributed by atoms with van der Waals surface area (Å²) in [6, 6.07) is 0. The Hall–Kier alpha value is -0.610. The molecule has 0 spiro atoms. The standard InChI is InChI=1S/C11H22N2O2/c1-2-3-4-5-12-11(14)10-13-6-8-15-9-7-13/h2-10H2,1H3,(H,12,14). The molecule has 88 valence electrons. The number of hydrogen-bond acceptors (Lipinski definition) is 3. The van der Waals surface area contributed by atoms with Gasteiger partial charge in [0.05, 0.1) is 19.8 Å². The van der Waals surface area contributed by atoms with E-state index in [-0.39, 0.29) is 5.91 Å². The van der Waals surface area contributed by atoms with Crippen LogP contribution in [0.2, 0.25) is 0 Å². The van der Waals surface area contributed by atoms with Crippen LogP contribution >= 0.6 is 0 Å². The van der Waals surface area contributed by atoms with Crippen LogP contribution in [0, 0.1) is 0 Å². The van der Waals surface area contributed by atoms with Crippen LogP contribution in [0.15, 0.2) is 0 Å². The smallest absolute Gasteiger partial charge is 0.234 e. The molecule has 1 aliphatic heterocycles. The summed E-state index contributed by atoms with van der Waals surface area (Å²) in [5, 5.41) is 2.94. The lowest BCUT2D eigenvalue weighted by Crippen LogP contribution is -2.43. The van der Waals surface area contributed by atoms with Crippen LogP contribution in [-0.4, -0.2) is 50.2 Å². The highest BCUT2D eigenvalue weighted by Gasteiger charge is 2.13. The minimum atomic E-state index is 0.146. The van der Waals surface area contributed by atoms with Gasteiger partial charge in [0.15, 0.2) is 0 Å². The van der Waals surface area contributed by atoms with E-state index in [1.165, 1.54) is 12.8 Å². The molecule has 0 radical (unpaired) electrons. The maximum absolute atomic E-state index is 11.5. The second-order valence-corrected chi connectivity index (χ2v) is 3.95. The van der Waals surface area contributed by atoms with Crippen LogP contribution < -0.4 is 5.32 Å². The molecule has 15 heavy (non-hydrogen) atoms. The van der Waals surface area contributed by atoms with Gasteiger partial charge in [-0.1, -0.05) is 19.8 Å². The molecule has 0 aliphatic carbocycles. The minimum Gasteiger partial charge on any atom is -0.379 e. The highest BCUT2D eigenvalue weighted by Crippen LogP contribution is 1.96. The van der Waals surface area contributed by atoms with Gasteiger partial charge in [-0.25, -0.2) is 0 Å². The fourth-order valence-electron chi connectivity index (χ4n) is 1.62. The Morgan fingerprint density at radius 1 is 1.33 bits per heavy atom. The average molecular weight is 214 g/mol. The predicted molar refractivity (Wildman–Crippen MR) is 59.8 cm³/mol. The highest BCUT2D eigenvalue weighted by atomic mass is 16.5. The minimum absolute atomic E-state index is 0.146. The number of nitrogens with zero attached hydrogens (tertiary/aromatic N) is 1. The van der Waals surface area contributed by atoms with E-state index in [0.717, 1.165) is 39.3 Å². The number of amides is 1. The van der Waals surface area contributed by atoms with E-state index in [4.69, 9.17) is 4.74 Å². The van der Waals surface area contributed by atoms with Crippen LogP contribution in [0.3, 0.4) is 0 Å². The highest BCUT2D eigenvalue weighted by molar-refractivity contribution is 5.77. The van der Waals surface area contributed by atoms with Gasteiger partial charge in [0, 0.05) is 19.6 Å². The number of morpholine rings is 1. The first-order chi connectivity index (χ1) is 7.33. The average Bonchev–Trinajstić information content (AvgIpc) is 2.26. The lowest BCUT2D eigenvalue weighted by Gasteiger charge is -2.25. The molecule has 1 fully saturated rings. The molecule has 1 aliphatic rings. The number of carbonyl (C=O) groups is 1. The van der Waals surface area contributed by atoms with Gasteiger partial charge in [-0.15, -0.1) is 0 Å². The van der Waals surface area contributed by atoms with Gasteiger partial charge < -0.3 is 10.1 Å². The summed E-state index contributed by atoms with van der Waals surface area (Å²) < 4.78 is 5.22. The van der Waals surface area contributed by atoms with Gasteiger partial charge in [-0.05, 0) is 6.42 Å². The molecule has 1 saturated heterocycles.